The molecule has 3 N–H and O–H groups in total. The van der Waals surface area contributed by atoms with Crippen LogP contribution in [0, 0.1) is 6.92 Å². The first-order valence-corrected chi connectivity index (χ1v) is 12.4. The van der Waals surface area contributed by atoms with Gasteiger partial charge < -0.3 is 25.4 Å². The third kappa shape index (κ3) is 4.94. The molecular weight excluding hydrogens is 494 g/mol. The predicted molar refractivity (Wildman–Crippen MR) is 150 cm³/mol. The molecule has 5 rings (SSSR count). The number of ether oxygens (including phenoxy) is 2. The zero-order chi connectivity index (χ0) is 27.5. The lowest BCUT2D eigenvalue weighted by atomic mass is 9.93. The van der Waals surface area contributed by atoms with Crippen LogP contribution >= 0.6 is 0 Å². The molecule has 1 aliphatic heterocycles. The Morgan fingerprint density at radius 3 is 2.23 bits per heavy atom. The molecule has 3 aromatic carbocycles. The fraction of sp³-hybridized carbons (Fsp3) is 0.167. The number of carbonyl (C=O) groups excluding carboxylic acids is 2. The van der Waals surface area contributed by atoms with E-state index >= 15 is 0 Å². The molecule has 0 bridgehead atoms. The van der Waals surface area contributed by atoms with Crippen LogP contribution in [0.5, 0.6) is 11.5 Å². The summed E-state index contributed by atoms with van der Waals surface area (Å²) in [6, 6.07) is 21.5. The van der Waals surface area contributed by atoms with Crippen molar-refractivity contribution >= 4 is 29.0 Å². The summed E-state index contributed by atoms with van der Waals surface area (Å²) in [4.78, 5) is 27.1. The molecule has 2 amide bonds. The Labute approximate surface area is 226 Å². The molecule has 0 saturated heterocycles. The van der Waals surface area contributed by atoms with Crippen LogP contribution in [-0.2, 0) is 4.79 Å². The molecule has 1 aliphatic rings. The van der Waals surface area contributed by atoms with Gasteiger partial charge in [0.1, 0.15) is 17.4 Å². The first kappa shape index (κ1) is 25.6. The number of amides is 2. The van der Waals surface area contributed by atoms with E-state index in [0.29, 0.717) is 51.1 Å². The zero-order valence-electron chi connectivity index (χ0n) is 22.1. The van der Waals surface area contributed by atoms with Crippen LogP contribution in [0.25, 0.3) is 0 Å². The number of nitrogens with zero attached hydrogens (tertiary/aromatic N) is 2. The summed E-state index contributed by atoms with van der Waals surface area (Å²) in [5.74, 6) is 0.807. The van der Waals surface area contributed by atoms with Gasteiger partial charge in [-0.25, -0.2) is 4.68 Å². The molecule has 9 nitrogen and oxygen atoms in total. The predicted octanol–water partition coefficient (Wildman–Crippen LogP) is 5.39. The normalized spacial score (nSPS) is 14.2. The van der Waals surface area contributed by atoms with Crippen molar-refractivity contribution in [2.24, 2.45) is 0 Å². The third-order valence-corrected chi connectivity index (χ3v) is 6.58. The van der Waals surface area contributed by atoms with Crippen LogP contribution in [0.15, 0.2) is 90.3 Å². The summed E-state index contributed by atoms with van der Waals surface area (Å²) in [7, 11) is 3.11. The lowest BCUT2D eigenvalue weighted by Gasteiger charge is -2.31. The highest BCUT2D eigenvalue weighted by Gasteiger charge is 2.37. The first-order valence-electron chi connectivity index (χ1n) is 12.4. The van der Waals surface area contributed by atoms with Crippen molar-refractivity contribution in [3.8, 4) is 11.5 Å². The number of fused-ring (bicyclic) bond motifs is 1. The van der Waals surface area contributed by atoms with Crippen LogP contribution in [-0.4, -0.2) is 35.8 Å². The second-order valence-corrected chi connectivity index (χ2v) is 9.14. The van der Waals surface area contributed by atoms with Crippen LogP contribution in [0.4, 0.5) is 17.2 Å². The number of rotatable bonds is 7. The number of carbonyl (C=O) groups is 2. The second kappa shape index (κ2) is 10.7. The Morgan fingerprint density at radius 1 is 0.846 bits per heavy atom. The number of aryl methyl sites for hydroxylation is 1. The van der Waals surface area contributed by atoms with Crippen molar-refractivity contribution in [1.82, 2.24) is 9.78 Å². The minimum absolute atomic E-state index is 0.312. The highest BCUT2D eigenvalue weighted by molar-refractivity contribution is 6.09. The number of hydrogen-bond donors (Lipinski definition) is 3. The lowest BCUT2D eigenvalue weighted by molar-refractivity contribution is -0.113. The number of nitrogens with one attached hydrogen (secondary N) is 3. The number of hydrogen-bond acceptors (Lipinski definition) is 6. The Hall–Kier alpha value is -5.05. The van der Waals surface area contributed by atoms with E-state index in [1.807, 2.05) is 73.7 Å². The maximum atomic E-state index is 13.7. The minimum Gasteiger partial charge on any atom is -0.493 e. The molecule has 2 heterocycles. The minimum atomic E-state index is -0.712. The maximum Gasteiger partial charge on any atom is 0.261 e. The van der Waals surface area contributed by atoms with E-state index in [-0.39, 0.29) is 11.8 Å². The standard InChI is InChI=1S/C30H29N5O4/c1-18-13-15-21(16-14-18)33-29(36)23-17-31-35-26(22-11-8-12-24(38-3)27(22)39-4)25(19(2)32-28(23)35)30(37)34-20-9-6-5-7-10-20/h5-17,26,32H,1-4H3,(H,33,36)(H,34,37). The monoisotopic (exact) mass is 523 g/mol. The fourth-order valence-electron chi connectivity index (χ4n) is 4.69. The Balaban J connectivity index is 1.60. The van der Waals surface area contributed by atoms with Crippen LogP contribution < -0.4 is 25.4 Å². The van der Waals surface area contributed by atoms with Gasteiger partial charge in [0.05, 0.1) is 26.0 Å². The Kier molecular flexibility index (Phi) is 7.05. The molecule has 1 aromatic heterocycles. The first-order chi connectivity index (χ1) is 18.9. The fourth-order valence-corrected chi connectivity index (χ4v) is 4.69. The summed E-state index contributed by atoms with van der Waals surface area (Å²) < 4.78 is 12.9. The number of allylic oxidation sites excluding steroid dienone is 1. The SMILES string of the molecule is COc1cccc(C2C(C(=O)Nc3ccccc3)=C(C)Nc3c(C(=O)Nc4ccc(C)cc4)cnn32)c1OC. The Bertz CT molecular complexity index is 1560. The number of benzene rings is 3. The molecule has 0 spiro atoms. The number of para-hydroxylation sites is 2. The van der Waals surface area contributed by atoms with E-state index in [4.69, 9.17) is 9.47 Å². The van der Waals surface area contributed by atoms with E-state index in [1.165, 1.54) is 6.20 Å². The summed E-state index contributed by atoms with van der Waals surface area (Å²) in [6.07, 6.45) is 1.50. The van der Waals surface area contributed by atoms with Gasteiger partial charge in [0.15, 0.2) is 11.5 Å². The van der Waals surface area contributed by atoms with Gasteiger partial charge in [-0.3, -0.25) is 9.59 Å². The van der Waals surface area contributed by atoms with Crippen molar-refractivity contribution in [2.45, 2.75) is 19.9 Å². The highest BCUT2D eigenvalue weighted by Crippen LogP contribution is 2.44. The molecule has 1 atom stereocenters. The molecule has 0 fully saturated rings. The number of methoxy groups -OCH3 is 2. The van der Waals surface area contributed by atoms with Crippen molar-refractivity contribution < 1.29 is 19.1 Å². The van der Waals surface area contributed by atoms with Crippen molar-refractivity contribution in [1.29, 1.82) is 0 Å². The van der Waals surface area contributed by atoms with E-state index < -0.39 is 6.04 Å². The van der Waals surface area contributed by atoms with Crippen molar-refractivity contribution in [3.63, 3.8) is 0 Å². The second-order valence-electron chi connectivity index (χ2n) is 9.14. The topological polar surface area (TPSA) is 107 Å². The third-order valence-electron chi connectivity index (χ3n) is 6.58. The number of aromatic nitrogens is 2. The molecule has 0 saturated carbocycles. The number of anilines is 3. The molecular formula is C30H29N5O4. The van der Waals surface area contributed by atoms with Crippen molar-refractivity contribution in [2.75, 3.05) is 30.2 Å². The molecule has 0 radical (unpaired) electrons. The Morgan fingerprint density at radius 2 is 1.54 bits per heavy atom. The van der Waals surface area contributed by atoms with Crippen LogP contribution in [0.2, 0.25) is 0 Å². The summed E-state index contributed by atoms with van der Waals surface area (Å²) in [6.45, 7) is 3.79. The molecule has 0 aliphatic carbocycles. The van der Waals surface area contributed by atoms with Gasteiger partial charge in [0, 0.05) is 22.6 Å². The van der Waals surface area contributed by atoms with Gasteiger partial charge in [0.2, 0.25) is 0 Å². The van der Waals surface area contributed by atoms with Gasteiger partial charge in [-0.05, 0) is 44.2 Å². The van der Waals surface area contributed by atoms with Gasteiger partial charge in [0.25, 0.3) is 11.8 Å². The molecule has 4 aromatic rings. The lowest BCUT2D eigenvalue weighted by Crippen LogP contribution is -2.32. The van der Waals surface area contributed by atoms with E-state index in [0.717, 1.165) is 5.56 Å². The van der Waals surface area contributed by atoms with E-state index in [9.17, 15) is 9.59 Å². The van der Waals surface area contributed by atoms with Gasteiger partial charge in [-0.1, -0.05) is 48.0 Å². The molecule has 198 valence electrons. The van der Waals surface area contributed by atoms with Crippen LogP contribution in [0.3, 0.4) is 0 Å². The zero-order valence-corrected chi connectivity index (χ0v) is 22.1. The van der Waals surface area contributed by atoms with Crippen LogP contribution in [0.1, 0.15) is 34.5 Å². The van der Waals surface area contributed by atoms with Gasteiger partial charge >= 0.3 is 0 Å². The van der Waals surface area contributed by atoms with Gasteiger partial charge in [-0.15, -0.1) is 0 Å². The summed E-state index contributed by atoms with van der Waals surface area (Å²) >= 11 is 0. The van der Waals surface area contributed by atoms with E-state index in [2.05, 4.69) is 21.0 Å². The average Bonchev–Trinajstić information content (AvgIpc) is 3.37. The summed E-state index contributed by atoms with van der Waals surface area (Å²) in [5.41, 5.74) is 4.41. The average molecular weight is 524 g/mol. The molecule has 9 heteroatoms. The van der Waals surface area contributed by atoms with E-state index in [1.54, 1.807) is 31.9 Å². The molecule has 1 unspecified atom stereocenters. The quantitative estimate of drug-likeness (QED) is 0.300. The smallest absolute Gasteiger partial charge is 0.261 e. The van der Waals surface area contributed by atoms with Gasteiger partial charge in [-0.2, -0.15) is 5.10 Å². The largest absolute Gasteiger partial charge is 0.493 e. The molecule has 39 heavy (non-hydrogen) atoms. The van der Waals surface area contributed by atoms with Crippen molar-refractivity contribution in [3.05, 3.63) is 107 Å². The maximum absolute atomic E-state index is 13.7. The highest BCUT2D eigenvalue weighted by atomic mass is 16.5. The summed E-state index contributed by atoms with van der Waals surface area (Å²) in [5, 5.41) is 13.7.